The van der Waals surface area contributed by atoms with Crippen molar-refractivity contribution >= 4 is 29.9 Å². The van der Waals surface area contributed by atoms with Crippen LogP contribution < -0.4 is 5.32 Å². The van der Waals surface area contributed by atoms with E-state index in [4.69, 9.17) is 16.0 Å². The van der Waals surface area contributed by atoms with Gasteiger partial charge in [-0.05, 0) is 24.3 Å². The van der Waals surface area contributed by atoms with Gasteiger partial charge in [-0.15, -0.1) is 12.4 Å². The van der Waals surface area contributed by atoms with Crippen molar-refractivity contribution in [3.8, 4) is 11.3 Å². The molecule has 4 rings (SSSR count). The van der Waals surface area contributed by atoms with Crippen molar-refractivity contribution in [3.63, 3.8) is 0 Å². The monoisotopic (exact) mass is 406 g/mol. The number of piperazine rings is 1. The highest BCUT2D eigenvalue weighted by Crippen LogP contribution is 2.30. The lowest BCUT2D eigenvalue weighted by molar-refractivity contribution is 0.0589. The molecule has 0 bridgehead atoms. The number of amides is 1. The van der Waals surface area contributed by atoms with Crippen LogP contribution in [0.5, 0.6) is 0 Å². The topological polar surface area (TPSA) is 63.3 Å². The predicted octanol–water partition coefficient (Wildman–Crippen LogP) is 3.54. The molecule has 3 aromatic rings. The van der Waals surface area contributed by atoms with Gasteiger partial charge in [0.2, 0.25) is 0 Å². The number of carbonyl (C=O) groups excluding carboxylic acids is 1. The molecule has 1 fully saturated rings. The molecule has 1 unspecified atom stereocenters. The third-order valence-corrected chi connectivity index (χ3v) is 4.95. The summed E-state index contributed by atoms with van der Waals surface area (Å²) in [5.41, 5.74) is 0.772. The number of hydrogen-bond donors (Lipinski definition) is 1. The normalized spacial score (nSPS) is 16.8. The van der Waals surface area contributed by atoms with Crippen LogP contribution in [0.2, 0.25) is 5.02 Å². The number of hydrogen-bond acceptors (Lipinski definition) is 4. The molecular formula is C19H20Cl2N4O2. The first-order valence-corrected chi connectivity index (χ1v) is 8.86. The zero-order chi connectivity index (χ0) is 18.1. The van der Waals surface area contributed by atoms with E-state index in [1.165, 1.54) is 0 Å². The maximum Gasteiger partial charge on any atom is 0.290 e. The summed E-state index contributed by atoms with van der Waals surface area (Å²) in [5, 5.41) is 3.92. The number of nitrogens with zero attached hydrogens (tertiary/aromatic N) is 3. The van der Waals surface area contributed by atoms with Crippen molar-refractivity contribution in [3.05, 3.63) is 65.4 Å². The number of nitrogens with one attached hydrogen (secondary N) is 1. The summed E-state index contributed by atoms with van der Waals surface area (Å²) in [6.45, 7) is 2.00. The van der Waals surface area contributed by atoms with Gasteiger partial charge in [-0.3, -0.25) is 4.79 Å². The first-order chi connectivity index (χ1) is 12.6. The summed E-state index contributed by atoms with van der Waals surface area (Å²) in [7, 11) is 1.93. The number of benzene rings is 1. The Hall–Kier alpha value is -2.28. The van der Waals surface area contributed by atoms with E-state index in [0.29, 0.717) is 29.6 Å². The Morgan fingerprint density at radius 1 is 1.30 bits per heavy atom. The molecule has 0 spiro atoms. The summed E-state index contributed by atoms with van der Waals surface area (Å²) in [5.74, 6) is 1.60. The van der Waals surface area contributed by atoms with Crippen LogP contribution in [-0.4, -0.2) is 40.0 Å². The van der Waals surface area contributed by atoms with Gasteiger partial charge in [0, 0.05) is 44.6 Å². The number of rotatable bonds is 3. The molecule has 1 saturated heterocycles. The van der Waals surface area contributed by atoms with Gasteiger partial charge in [0.05, 0.1) is 5.02 Å². The highest BCUT2D eigenvalue weighted by atomic mass is 35.5. The summed E-state index contributed by atoms with van der Waals surface area (Å²) >= 11 is 6.23. The molecule has 1 aromatic carbocycles. The van der Waals surface area contributed by atoms with E-state index in [9.17, 15) is 4.79 Å². The minimum Gasteiger partial charge on any atom is -0.451 e. The SMILES string of the molecule is Cl.Cn1ccnc1C1CNCCN1C(=O)c1ccc(-c2ccccc2Cl)o1. The van der Waals surface area contributed by atoms with Crippen LogP contribution >= 0.6 is 24.0 Å². The van der Waals surface area contributed by atoms with Crippen molar-refractivity contribution in [1.29, 1.82) is 0 Å². The fourth-order valence-electron chi connectivity index (χ4n) is 3.28. The molecule has 1 aliphatic rings. The number of aromatic nitrogens is 2. The standard InChI is InChI=1S/C19H19ClN4O2.ClH/c1-23-10-9-22-18(23)15-12-21-8-11-24(15)19(25)17-7-6-16(26-17)13-4-2-3-5-14(13)20;/h2-7,9-10,15,21H,8,11-12H2,1H3;1H. The summed E-state index contributed by atoms with van der Waals surface area (Å²) < 4.78 is 7.78. The van der Waals surface area contributed by atoms with Gasteiger partial charge in [0.1, 0.15) is 17.6 Å². The second-order valence-electron chi connectivity index (χ2n) is 6.26. The summed E-state index contributed by atoms with van der Waals surface area (Å²) in [6.07, 6.45) is 3.63. The minimum atomic E-state index is -0.141. The van der Waals surface area contributed by atoms with Crippen molar-refractivity contribution in [2.24, 2.45) is 7.05 Å². The van der Waals surface area contributed by atoms with Crippen LogP contribution in [0.4, 0.5) is 0 Å². The number of carbonyl (C=O) groups is 1. The largest absolute Gasteiger partial charge is 0.451 e. The van der Waals surface area contributed by atoms with Gasteiger partial charge in [-0.25, -0.2) is 4.98 Å². The Kier molecular flexibility index (Phi) is 5.89. The van der Waals surface area contributed by atoms with Gasteiger partial charge in [0.15, 0.2) is 5.76 Å². The molecular weight excluding hydrogens is 387 g/mol. The Labute approximate surface area is 168 Å². The van der Waals surface area contributed by atoms with Gasteiger partial charge in [-0.1, -0.05) is 23.7 Å². The molecule has 1 atom stereocenters. The van der Waals surface area contributed by atoms with Crippen LogP contribution in [0, 0.1) is 0 Å². The molecule has 27 heavy (non-hydrogen) atoms. The molecule has 1 aliphatic heterocycles. The van der Waals surface area contributed by atoms with Crippen LogP contribution in [-0.2, 0) is 7.05 Å². The van der Waals surface area contributed by atoms with E-state index in [0.717, 1.165) is 17.9 Å². The van der Waals surface area contributed by atoms with Gasteiger partial charge >= 0.3 is 0 Å². The Morgan fingerprint density at radius 3 is 2.85 bits per heavy atom. The zero-order valence-electron chi connectivity index (χ0n) is 14.8. The van der Waals surface area contributed by atoms with Crippen LogP contribution in [0.15, 0.2) is 53.2 Å². The second-order valence-corrected chi connectivity index (χ2v) is 6.67. The van der Waals surface area contributed by atoms with Crippen molar-refractivity contribution in [2.75, 3.05) is 19.6 Å². The molecule has 0 aliphatic carbocycles. The first-order valence-electron chi connectivity index (χ1n) is 8.49. The maximum atomic E-state index is 13.1. The van der Waals surface area contributed by atoms with Gasteiger partial charge < -0.3 is 19.2 Å². The number of furan rings is 1. The Morgan fingerprint density at radius 2 is 2.11 bits per heavy atom. The number of imidazole rings is 1. The van der Waals surface area contributed by atoms with Crippen molar-refractivity contribution in [1.82, 2.24) is 19.8 Å². The average Bonchev–Trinajstić information content (AvgIpc) is 3.31. The molecule has 1 N–H and O–H groups in total. The fourth-order valence-corrected chi connectivity index (χ4v) is 3.51. The molecule has 0 radical (unpaired) electrons. The molecule has 1 amide bonds. The Balaban J connectivity index is 0.00000210. The Bertz CT molecular complexity index is 937. The van der Waals surface area contributed by atoms with E-state index in [-0.39, 0.29) is 24.4 Å². The molecule has 0 saturated carbocycles. The van der Waals surface area contributed by atoms with Crippen LogP contribution in [0.3, 0.4) is 0 Å². The van der Waals surface area contributed by atoms with Crippen LogP contribution in [0.1, 0.15) is 22.4 Å². The fraction of sp³-hybridized carbons (Fsp3) is 0.263. The average molecular weight is 407 g/mol. The smallest absolute Gasteiger partial charge is 0.290 e. The zero-order valence-corrected chi connectivity index (χ0v) is 16.3. The molecule has 142 valence electrons. The maximum absolute atomic E-state index is 13.1. The van der Waals surface area contributed by atoms with E-state index in [1.807, 2.05) is 40.9 Å². The summed E-state index contributed by atoms with van der Waals surface area (Å²) in [4.78, 5) is 19.3. The molecule has 2 aromatic heterocycles. The molecule has 3 heterocycles. The lowest BCUT2D eigenvalue weighted by Crippen LogP contribution is -2.49. The lowest BCUT2D eigenvalue weighted by Gasteiger charge is -2.35. The third kappa shape index (κ3) is 3.74. The lowest BCUT2D eigenvalue weighted by atomic mass is 10.1. The van der Waals surface area contributed by atoms with Crippen molar-refractivity contribution in [2.45, 2.75) is 6.04 Å². The summed E-state index contributed by atoms with van der Waals surface area (Å²) in [6, 6.07) is 10.8. The third-order valence-electron chi connectivity index (χ3n) is 4.62. The van der Waals surface area contributed by atoms with Crippen LogP contribution in [0.25, 0.3) is 11.3 Å². The highest BCUT2D eigenvalue weighted by Gasteiger charge is 2.32. The van der Waals surface area contributed by atoms with E-state index in [1.54, 1.807) is 24.4 Å². The van der Waals surface area contributed by atoms with E-state index in [2.05, 4.69) is 10.3 Å². The van der Waals surface area contributed by atoms with Crippen molar-refractivity contribution < 1.29 is 9.21 Å². The predicted molar refractivity (Wildman–Crippen MR) is 106 cm³/mol. The second kappa shape index (κ2) is 8.17. The highest BCUT2D eigenvalue weighted by molar-refractivity contribution is 6.33. The first kappa shape index (κ1) is 19.5. The van der Waals surface area contributed by atoms with E-state index >= 15 is 0 Å². The van der Waals surface area contributed by atoms with E-state index < -0.39 is 0 Å². The number of halogens is 2. The quantitative estimate of drug-likeness (QED) is 0.722. The number of aryl methyl sites for hydroxylation is 1. The molecule has 6 nitrogen and oxygen atoms in total. The molecule has 8 heteroatoms. The van der Waals surface area contributed by atoms with Gasteiger partial charge in [0.25, 0.3) is 5.91 Å². The minimum absolute atomic E-state index is 0. The van der Waals surface area contributed by atoms with Gasteiger partial charge in [-0.2, -0.15) is 0 Å².